The van der Waals surface area contributed by atoms with Gasteiger partial charge in [0.15, 0.2) is 23.1 Å². The number of hydrogen-bond donors (Lipinski definition) is 1. The third-order valence-electron chi connectivity index (χ3n) is 5.34. The summed E-state index contributed by atoms with van der Waals surface area (Å²) in [5, 5.41) is 0. The lowest BCUT2D eigenvalue weighted by Crippen LogP contribution is -2.36. The molecule has 0 bridgehead atoms. The van der Waals surface area contributed by atoms with Gasteiger partial charge in [0.1, 0.15) is 0 Å². The molecule has 0 aliphatic carbocycles. The van der Waals surface area contributed by atoms with Gasteiger partial charge in [0.05, 0.1) is 26.0 Å². The zero-order chi connectivity index (χ0) is 21.2. The van der Waals surface area contributed by atoms with Gasteiger partial charge >= 0.3 is 0 Å². The number of likely N-dealkylation sites (N-methyl/N-ethyl adjacent to an activating group) is 1. The highest BCUT2D eigenvalue weighted by Gasteiger charge is 2.26. The molecule has 0 saturated heterocycles. The third-order valence-corrected chi connectivity index (χ3v) is 5.34. The number of H-pyrrole nitrogens is 1. The summed E-state index contributed by atoms with van der Waals surface area (Å²) >= 11 is 0. The number of aromatic amines is 1. The van der Waals surface area contributed by atoms with Gasteiger partial charge in [-0.2, -0.15) is 0 Å². The number of aromatic nitrogens is 1. The number of ether oxygens (including phenoxy) is 2. The van der Waals surface area contributed by atoms with E-state index in [0.717, 1.165) is 22.4 Å². The first-order chi connectivity index (χ1) is 13.1. The van der Waals surface area contributed by atoms with Crippen LogP contribution in [0, 0.1) is 20.8 Å². The number of carbonyl (C=O) groups is 2. The molecule has 2 rings (SSSR count). The first-order valence-electron chi connectivity index (χ1n) is 9.28. The normalized spacial score (nSPS) is 12.2. The largest absolute Gasteiger partial charge is 0.493 e. The second-order valence-corrected chi connectivity index (χ2v) is 7.27. The van der Waals surface area contributed by atoms with Gasteiger partial charge < -0.3 is 14.5 Å². The molecule has 1 atom stereocenters. The average molecular weight is 386 g/mol. The summed E-state index contributed by atoms with van der Waals surface area (Å²) in [7, 11) is 5.13. The van der Waals surface area contributed by atoms with Crippen molar-refractivity contribution in [1.29, 1.82) is 0 Å². The molecule has 28 heavy (non-hydrogen) atoms. The molecule has 0 aliphatic rings. The second-order valence-electron chi connectivity index (χ2n) is 7.27. The van der Waals surface area contributed by atoms with Crippen LogP contribution in [0.5, 0.6) is 11.5 Å². The molecular weight excluding hydrogens is 356 g/mol. The SMILES string of the molecule is COc1cc(C)c(CN(C)[C@@H](C)C(=O)c2[nH]c(C)c(C(C)=O)c2C)cc1OC. The summed E-state index contributed by atoms with van der Waals surface area (Å²) in [6.07, 6.45) is 0. The summed E-state index contributed by atoms with van der Waals surface area (Å²) in [5.41, 5.74) is 4.69. The van der Waals surface area contributed by atoms with E-state index in [2.05, 4.69) is 4.98 Å². The van der Waals surface area contributed by atoms with Crippen molar-refractivity contribution >= 4 is 11.6 Å². The number of carbonyl (C=O) groups excluding carboxylic acids is 2. The molecule has 1 aromatic heterocycles. The summed E-state index contributed by atoms with van der Waals surface area (Å²) in [6.45, 7) is 9.63. The topological polar surface area (TPSA) is 71.6 Å². The highest BCUT2D eigenvalue weighted by atomic mass is 16.5. The van der Waals surface area contributed by atoms with Crippen LogP contribution in [0.2, 0.25) is 0 Å². The molecule has 0 radical (unpaired) electrons. The van der Waals surface area contributed by atoms with E-state index in [-0.39, 0.29) is 17.6 Å². The Labute approximate surface area is 166 Å². The van der Waals surface area contributed by atoms with E-state index in [1.807, 2.05) is 51.8 Å². The molecule has 1 heterocycles. The van der Waals surface area contributed by atoms with Crippen molar-refractivity contribution in [3.05, 3.63) is 45.8 Å². The number of nitrogens with zero attached hydrogens (tertiary/aromatic N) is 1. The highest BCUT2D eigenvalue weighted by molar-refractivity contribution is 6.05. The Bertz CT molecular complexity index is 898. The van der Waals surface area contributed by atoms with E-state index in [0.29, 0.717) is 29.3 Å². The Morgan fingerprint density at radius 3 is 2.18 bits per heavy atom. The van der Waals surface area contributed by atoms with Crippen LogP contribution in [0.1, 0.15) is 57.1 Å². The zero-order valence-electron chi connectivity index (χ0n) is 18.0. The van der Waals surface area contributed by atoms with Gasteiger partial charge in [0.25, 0.3) is 0 Å². The van der Waals surface area contributed by atoms with Crippen molar-refractivity contribution in [1.82, 2.24) is 9.88 Å². The number of aryl methyl sites for hydroxylation is 2. The Balaban J connectivity index is 2.26. The summed E-state index contributed by atoms with van der Waals surface area (Å²) in [4.78, 5) is 30.0. The maximum absolute atomic E-state index is 13.1. The fourth-order valence-corrected chi connectivity index (χ4v) is 3.53. The summed E-state index contributed by atoms with van der Waals surface area (Å²) < 4.78 is 10.7. The van der Waals surface area contributed by atoms with E-state index in [9.17, 15) is 9.59 Å². The second kappa shape index (κ2) is 8.61. The first-order valence-corrected chi connectivity index (χ1v) is 9.28. The first kappa shape index (κ1) is 21.7. The molecule has 2 aromatic rings. The van der Waals surface area contributed by atoms with Crippen molar-refractivity contribution < 1.29 is 19.1 Å². The molecule has 0 amide bonds. The molecule has 6 heteroatoms. The number of benzene rings is 1. The van der Waals surface area contributed by atoms with Crippen LogP contribution in [-0.2, 0) is 6.54 Å². The predicted octanol–water partition coefficient (Wildman–Crippen LogP) is 3.86. The standard InChI is InChI=1S/C22H30N2O4/c1-12-9-18(27-7)19(28-8)10-17(12)11-24(6)15(4)22(26)21-13(2)20(16(5)25)14(3)23-21/h9-10,15,23H,11H2,1-8H3/t15-/m0/s1. The van der Waals surface area contributed by atoms with Gasteiger partial charge in [-0.3, -0.25) is 14.5 Å². The fourth-order valence-electron chi connectivity index (χ4n) is 3.53. The van der Waals surface area contributed by atoms with Gasteiger partial charge in [-0.1, -0.05) is 0 Å². The van der Waals surface area contributed by atoms with Crippen LogP contribution in [0.25, 0.3) is 0 Å². The van der Waals surface area contributed by atoms with E-state index >= 15 is 0 Å². The molecule has 0 fully saturated rings. The lowest BCUT2D eigenvalue weighted by atomic mass is 10.0. The van der Waals surface area contributed by atoms with Crippen LogP contribution in [-0.4, -0.2) is 48.8 Å². The quantitative estimate of drug-likeness (QED) is 0.698. The van der Waals surface area contributed by atoms with Crippen molar-refractivity contribution in [2.24, 2.45) is 0 Å². The molecule has 0 saturated carbocycles. The van der Waals surface area contributed by atoms with E-state index in [4.69, 9.17) is 9.47 Å². The molecule has 1 aromatic carbocycles. The summed E-state index contributed by atoms with van der Waals surface area (Å²) in [5.74, 6) is 1.28. The van der Waals surface area contributed by atoms with Crippen LogP contribution in [0.3, 0.4) is 0 Å². The minimum absolute atomic E-state index is 0.0336. The van der Waals surface area contributed by atoms with Crippen LogP contribution in [0.4, 0.5) is 0 Å². The fraction of sp³-hybridized carbons (Fsp3) is 0.455. The molecule has 1 N–H and O–H groups in total. The number of Topliss-reactive ketones (excluding diaryl/α,β-unsaturated/α-hetero) is 2. The molecule has 0 aliphatic heterocycles. The third kappa shape index (κ3) is 4.12. The lowest BCUT2D eigenvalue weighted by Gasteiger charge is -2.25. The Hall–Kier alpha value is -2.60. The van der Waals surface area contributed by atoms with Crippen molar-refractivity contribution in [2.75, 3.05) is 21.3 Å². The van der Waals surface area contributed by atoms with Crippen LogP contribution in [0.15, 0.2) is 12.1 Å². The van der Waals surface area contributed by atoms with E-state index in [1.165, 1.54) is 6.92 Å². The monoisotopic (exact) mass is 386 g/mol. The van der Waals surface area contributed by atoms with E-state index < -0.39 is 0 Å². The molecule has 6 nitrogen and oxygen atoms in total. The average Bonchev–Trinajstić information content (AvgIpc) is 2.95. The zero-order valence-corrected chi connectivity index (χ0v) is 18.0. The number of nitrogens with one attached hydrogen (secondary N) is 1. The number of hydrogen-bond acceptors (Lipinski definition) is 5. The molecule has 152 valence electrons. The maximum atomic E-state index is 13.1. The Morgan fingerprint density at radius 1 is 1.11 bits per heavy atom. The molecular formula is C22H30N2O4. The van der Waals surface area contributed by atoms with Gasteiger partial charge in [-0.05, 0) is 70.5 Å². The highest BCUT2D eigenvalue weighted by Crippen LogP contribution is 2.31. The van der Waals surface area contributed by atoms with Gasteiger partial charge in [0, 0.05) is 17.8 Å². The number of methoxy groups -OCH3 is 2. The number of ketones is 2. The van der Waals surface area contributed by atoms with Gasteiger partial charge in [-0.15, -0.1) is 0 Å². The van der Waals surface area contributed by atoms with Gasteiger partial charge in [0.2, 0.25) is 0 Å². The van der Waals surface area contributed by atoms with E-state index in [1.54, 1.807) is 14.2 Å². The van der Waals surface area contributed by atoms with Crippen LogP contribution >= 0.6 is 0 Å². The smallest absolute Gasteiger partial charge is 0.196 e. The lowest BCUT2D eigenvalue weighted by molar-refractivity contribution is 0.0856. The minimum Gasteiger partial charge on any atom is -0.493 e. The molecule has 0 spiro atoms. The Morgan fingerprint density at radius 2 is 1.68 bits per heavy atom. The number of rotatable bonds is 8. The minimum atomic E-state index is -0.357. The maximum Gasteiger partial charge on any atom is 0.196 e. The van der Waals surface area contributed by atoms with Crippen molar-refractivity contribution in [2.45, 2.75) is 47.2 Å². The predicted molar refractivity (Wildman–Crippen MR) is 110 cm³/mol. The van der Waals surface area contributed by atoms with Gasteiger partial charge in [-0.25, -0.2) is 0 Å². The van der Waals surface area contributed by atoms with Crippen molar-refractivity contribution in [3.63, 3.8) is 0 Å². The van der Waals surface area contributed by atoms with Crippen molar-refractivity contribution in [3.8, 4) is 11.5 Å². The Kier molecular flexibility index (Phi) is 6.67. The van der Waals surface area contributed by atoms with Crippen LogP contribution < -0.4 is 9.47 Å². The molecule has 0 unspecified atom stereocenters. The summed E-state index contributed by atoms with van der Waals surface area (Å²) in [6, 6.07) is 3.52.